The quantitative estimate of drug-likeness (QED) is 0.519. The van der Waals surface area contributed by atoms with Crippen LogP contribution in [0.4, 0.5) is 5.69 Å². The summed E-state index contributed by atoms with van der Waals surface area (Å²) >= 11 is 0. The second-order valence-corrected chi connectivity index (χ2v) is 5.06. The number of phenolic OH excluding ortho intramolecular Hbond substituents is 1. The molecule has 1 aromatic carbocycles. The number of nitro groups is 1. The zero-order chi connectivity index (χ0) is 14.5. The first kappa shape index (κ1) is 14.3. The molecule has 0 saturated heterocycles. The summed E-state index contributed by atoms with van der Waals surface area (Å²) in [5.74, 6) is -0.658. The van der Waals surface area contributed by atoms with Gasteiger partial charge in [-0.3, -0.25) is 10.1 Å². The molecular weight excluding hydrogens is 262 g/mol. The van der Waals surface area contributed by atoms with Crippen molar-refractivity contribution in [1.29, 1.82) is 0 Å². The second kappa shape index (κ2) is 6.36. The largest absolute Gasteiger partial charge is 0.507 e. The smallest absolute Gasteiger partial charge is 0.342 e. The van der Waals surface area contributed by atoms with E-state index in [0.29, 0.717) is 12.5 Å². The van der Waals surface area contributed by atoms with Crippen LogP contribution in [0.15, 0.2) is 18.2 Å². The molecule has 6 nitrogen and oxygen atoms in total. The van der Waals surface area contributed by atoms with E-state index in [1.54, 1.807) is 0 Å². The molecule has 0 bridgehead atoms. The fraction of sp³-hybridized carbons (Fsp3) is 0.500. The van der Waals surface area contributed by atoms with Crippen LogP contribution >= 0.6 is 0 Å². The van der Waals surface area contributed by atoms with Crippen molar-refractivity contribution in [3.8, 4) is 5.75 Å². The molecule has 1 fully saturated rings. The van der Waals surface area contributed by atoms with E-state index in [0.717, 1.165) is 43.9 Å². The number of phenols is 1. The van der Waals surface area contributed by atoms with Gasteiger partial charge in [-0.2, -0.15) is 0 Å². The van der Waals surface area contributed by atoms with Crippen LogP contribution in [0.1, 0.15) is 42.5 Å². The van der Waals surface area contributed by atoms with Gasteiger partial charge in [-0.25, -0.2) is 4.79 Å². The Hall–Kier alpha value is -2.11. The summed E-state index contributed by atoms with van der Waals surface area (Å²) in [6.07, 6.45) is 5.58. The van der Waals surface area contributed by atoms with Gasteiger partial charge in [-0.15, -0.1) is 0 Å². The SMILES string of the molecule is O=C(OCC1CCCCC1)c1cc([N+](=O)[O-])ccc1O. The fourth-order valence-corrected chi connectivity index (χ4v) is 2.43. The van der Waals surface area contributed by atoms with E-state index in [9.17, 15) is 20.0 Å². The average Bonchev–Trinajstić information content (AvgIpc) is 2.46. The van der Waals surface area contributed by atoms with Crippen molar-refractivity contribution in [2.45, 2.75) is 32.1 Å². The predicted molar refractivity (Wildman–Crippen MR) is 71.6 cm³/mol. The number of carbonyl (C=O) groups is 1. The van der Waals surface area contributed by atoms with Crippen LogP contribution in [0, 0.1) is 16.0 Å². The fourth-order valence-electron chi connectivity index (χ4n) is 2.43. The highest BCUT2D eigenvalue weighted by Gasteiger charge is 2.20. The van der Waals surface area contributed by atoms with Gasteiger partial charge in [0, 0.05) is 12.1 Å². The highest BCUT2D eigenvalue weighted by molar-refractivity contribution is 5.93. The number of rotatable bonds is 4. The van der Waals surface area contributed by atoms with E-state index in [-0.39, 0.29) is 17.0 Å². The number of carbonyl (C=O) groups excluding carboxylic acids is 1. The second-order valence-electron chi connectivity index (χ2n) is 5.06. The van der Waals surface area contributed by atoms with Gasteiger partial charge in [0.15, 0.2) is 0 Å². The third-order valence-corrected chi connectivity index (χ3v) is 3.59. The van der Waals surface area contributed by atoms with E-state index < -0.39 is 10.9 Å². The zero-order valence-corrected chi connectivity index (χ0v) is 11.1. The lowest BCUT2D eigenvalue weighted by Gasteiger charge is -2.21. The molecule has 0 aromatic heterocycles. The normalized spacial score (nSPS) is 15.8. The molecular formula is C14H17NO5. The Bertz CT molecular complexity index is 508. The number of hydrogen-bond donors (Lipinski definition) is 1. The van der Waals surface area contributed by atoms with Gasteiger partial charge in [0.05, 0.1) is 11.5 Å². The lowest BCUT2D eigenvalue weighted by molar-refractivity contribution is -0.384. The van der Waals surface area contributed by atoms with E-state index in [4.69, 9.17) is 4.74 Å². The molecule has 0 unspecified atom stereocenters. The summed E-state index contributed by atoms with van der Waals surface area (Å²) in [7, 11) is 0. The van der Waals surface area contributed by atoms with Crippen LogP contribution < -0.4 is 0 Å². The molecule has 2 rings (SSSR count). The molecule has 1 aromatic rings. The number of benzene rings is 1. The van der Waals surface area contributed by atoms with Crippen LogP contribution in [-0.4, -0.2) is 22.6 Å². The van der Waals surface area contributed by atoms with Crippen molar-refractivity contribution in [2.24, 2.45) is 5.92 Å². The highest BCUT2D eigenvalue weighted by Crippen LogP contribution is 2.26. The van der Waals surface area contributed by atoms with Gasteiger partial charge in [-0.05, 0) is 24.8 Å². The van der Waals surface area contributed by atoms with E-state index in [2.05, 4.69) is 0 Å². The minimum absolute atomic E-state index is 0.157. The first-order valence-corrected chi connectivity index (χ1v) is 6.72. The minimum Gasteiger partial charge on any atom is -0.507 e. The van der Waals surface area contributed by atoms with Crippen LogP contribution in [0.3, 0.4) is 0 Å². The molecule has 0 atom stereocenters. The van der Waals surface area contributed by atoms with Gasteiger partial charge in [-0.1, -0.05) is 19.3 Å². The molecule has 20 heavy (non-hydrogen) atoms. The molecule has 0 spiro atoms. The minimum atomic E-state index is -0.711. The average molecular weight is 279 g/mol. The maximum Gasteiger partial charge on any atom is 0.342 e. The van der Waals surface area contributed by atoms with Gasteiger partial charge in [0.25, 0.3) is 5.69 Å². The summed E-state index contributed by atoms with van der Waals surface area (Å²) in [4.78, 5) is 21.9. The number of aromatic hydroxyl groups is 1. The Morgan fingerprint density at radius 2 is 2.05 bits per heavy atom. The van der Waals surface area contributed by atoms with Gasteiger partial charge < -0.3 is 9.84 Å². The van der Waals surface area contributed by atoms with Gasteiger partial charge in [0.2, 0.25) is 0 Å². The summed E-state index contributed by atoms with van der Waals surface area (Å²) in [6.45, 7) is 0.307. The Morgan fingerprint density at radius 1 is 1.35 bits per heavy atom. The molecule has 6 heteroatoms. The van der Waals surface area contributed by atoms with Crippen LogP contribution in [0.2, 0.25) is 0 Å². The number of nitrogens with zero attached hydrogens (tertiary/aromatic N) is 1. The Labute approximate surface area is 116 Å². The van der Waals surface area contributed by atoms with Gasteiger partial charge in [0.1, 0.15) is 11.3 Å². The number of nitro benzene ring substituents is 1. The summed E-state index contributed by atoms with van der Waals surface area (Å²) in [5.41, 5.74) is -0.401. The van der Waals surface area contributed by atoms with Crippen molar-refractivity contribution in [1.82, 2.24) is 0 Å². The third kappa shape index (κ3) is 3.46. The first-order valence-electron chi connectivity index (χ1n) is 6.72. The molecule has 0 radical (unpaired) electrons. The van der Waals surface area contributed by atoms with Crippen molar-refractivity contribution in [2.75, 3.05) is 6.61 Å². The number of esters is 1. The monoisotopic (exact) mass is 279 g/mol. The molecule has 1 aliphatic rings. The summed E-state index contributed by atoms with van der Waals surface area (Å²) in [6, 6.07) is 3.32. The number of hydrogen-bond acceptors (Lipinski definition) is 5. The zero-order valence-electron chi connectivity index (χ0n) is 11.1. The number of ether oxygens (including phenoxy) is 1. The van der Waals surface area contributed by atoms with Crippen molar-refractivity contribution in [3.63, 3.8) is 0 Å². The maximum atomic E-state index is 11.9. The Morgan fingerprint density at radius 3 is 2.70 bits per heavy atom. The Balaban J connectivity index is 2.00. The van der Waals surface area contributed by atoms with Crippen LogP contribution in [0.25, 0.3) is 0 Å². The number of non-ortho nitro benzene ring substituents is 1. The molecule has 1 saturated carbocycles. The van der Waals surface area contributed by atoms with Gasteiger partial charge >= 0.3 is 5.97 Å². The van der Waals surface area contributed by atoms with E-state index >= 15 is 0 Å². The van der Waals surface area contributed by atoms with E-state index in [1.807, 2.05) is 0 Å². The standard InChI is InChI=1S/C14H17NO5/c16-13-7-6-11(15(18)19)8-12(13)14(17)20-9-10-4-2-1-3-5-10/h6-8,10,16H,1-5,9H2. The lowest BCUT2D eigenvalue weighted by atomic mass is 9.90. The lowest BCUT2D eigenvalue weighted by Crippen LogP contribution is -2.17. The molecule has 0 amide bonds. The third-order valence-electron chi connectivity index (χ3n) is 3.59. The van der Waals surface area contributed by atoms with Crippen molar-refractivity contribution in [3.05, 3.63) is 33.9 Å². The molecule has 1 N–H and O–H groups in total. The highest BCUT2D eigenvalue weighted by atomic mass is 16.6. The van der Waals surface area contributed by atoms with E-state index in [1.165, 1.54) is 6.42 Å². The molecule has 1 aliphatic carbocycles. The summed E-state index contributed by atoms with van der Waals surface area (Å²) < 4.78 is 5.16. The van der Waals surface area contributed by atoms with Crippen LogP contribution in [-0.2, 0) is 4.74 Å². The van der Waals surface area contributed by atoms with Crippen molar-refractivity contribution < 1.29 is 19.6 Å². The van der Waals surface area contributed by atoms with Crippen LogP contribution in [0.5, 0.6) is 5.75 Å². The maximum absolute atomic E-state index is 11.9. The molecule has 108 valence electrons. The topological polar surface area (TPSA) is 89.7 Å². The van der Waals surface area contributed by atoms with Crippen molar-refractivity contribution >= 4 is 11.7 Å². The molecule has 0 aliphatic heterocycles. The summed E-state index contributed by atoms with van der Waals surface area (Å²) in [5, 5.41) is 20.3. The first-order chi connectivity index (χ1) is 9.58. The predicted octanol–water partition coefficient (Wildman–Crippen LogP) is 3.04. The Kier molecular flexibility index (Phi) is 4.55. The molecule has 0 heterocycles.